The third-order valence-corrected chi connectivity index (χ3v) is 29.2. The standard InChI is InChI=1S/C40H30N4.C34H18N4S2.C24H30N4.C20H22N4.Cu.Ni.2Pt/c1-39(2)35-27-17-9-5-13-23(27)31(41-35)21-33-25-15-7-11-19-29(25)37(43-33)40(3,4)38-30-20-12-8-16-26(30)34(44-38)22-32-24-14-6-10-18-28(24)36(39)42-32;1-5-13-23-19(9-1)27-17-28-20-10-2-6-14-24(20)33(36-28)40-34-26-16-8-4-12-22(26)30(38-34)18-29-21-11-3-7-15-25(21)32(37-29)39-31(23)35-27;1-15-13-19-9-11-22(27-19)24(7,8)18(4)26-16(2)14-20-10-12-21(28-20)23(5,6)17(3)25-15;1-19(2)13-21-11-9-16-6-8-18(24-16)20(3,4)14-22-12-10-15-5-7-17(19)23-15;;;;/h5-22H,1-4H3;1-18H;9-14H,1-8H3;5-14H,1-4H3;;;;/q4*-2;4*+2. The molecule has 0 N–H and O–H groups in total. The van der Waals surface area contributed by atoms with Crippen LogP contribution in [0.5, 0.6) is 0 Å². The second-order valence-electron chi connectivity index (χ2n) is 38.9. The fraction of sp³-hybridized carbons (Fsp3) is 0.186. The number of thioether (sulfide) groups is 2. The summed E-state index contributed by atoms with van der Waals surface area (Å²) in [7, 11) is 0. The number of allylic oxidation sites excluding steroid dienone is 2. The Morgan fingerprint density at radius 1 is 0.257 bits per heavy atom. The average molecular weight is 2320 g/mol. The number of benzene rings is 8. The van der Waals surface area contributed by atoms with E-state index in [0.717, 1.165) is 244 Å². The van der Waals surface area contributed by atoms with Crippen molar-refractivity contribution in [3.63, 3.8) is 0 Å². The predicted octanol–water partition coefficient (Wildman–Crippen LogP) is 26.6. The van der Waals surface area contributed by atoms with E-state index in [-0.39, 0.29) is 97.4 Å². The zero-order valence-corrected chi connectivity index (χ0v) is 88.4. The summed E-state index contributed by atoms with van der Waals surface area (Å²) in [4.78, 5) is 79.7. The Labute approximate surface area is 875 Å². The molecule has 1 radical (unpaired) electrons. The number of aliphatic imine (C=N–C) groups is 8. The van der Waals surface area contributed by atoms with Crippen LogP contribution in [0, 0.1) is 0 Å². The van der Waals surface area contributed by atoms with E-state index in [9.17, 15) is 0 Å². The van der Waals surface area contributed by atoms with Crippen LogP contribution in [0.1, 0.15) is 235 Å². The topological polar surface area (TPSA) is 212 Å². The van der Waals surface area contributed by atoms with Crippen molar-refractivity contribution in [1.82, 2.24) is 39.9 Å². The average Bonchev–Trinajstić information content (AvgIpc) is 1.56. The number of aromatic nitrogens is 8. The molecule has 0 amide bonds. The Kier molecular flexibility index (Phi) is 27.7. The van der Waals surface area contributed by atoms with Gasteiger partial charge in [-0.3, -0.25) is 30.0 Å². The third kappa shape index (κ3) is 18.6. The van der Waals surface area contributed by atoms with Gasteiger partial charge in [-0.15, -0.1) is 79.7 Å². The molecular weight excluding hydrogens is 2220 g/mol. The normalized spacial score (nSPS) is 17.0. The van der Waals surface area contributed by atoms with Crippen LogP contribution in [0.25, 0.3) is 114 Å². The van der Waals surface area contributed by atoms with Crippen LogP contribution in [-0.4, -0.2) is 45.4 Å². The van der Waals surface area contributed by atoms with E-state index in [4.69, 9.17) is 59.9 Å². The van der Waals surface area contributed by atoms with Crippen LogP contribution < -0.4 is 39.9 Å². The molecular formula is C118H100CuN16NiPt2S2. The van der Waals surface area contributed by atoms with Gasteiger partial charge in [0.05, 0.1) is 34.2 Å². The van der Waals surface area contributed by atoms with Crippen molar-refractivity contribution in [2.24, 2.45) is 39.9 Å². The monoisotopic (exact) mass is 2320 g/mol. The van der Waals surface area contributed by atoms with Crippen molar-refractivity contribution in [2.45, 2.75) is 153 Å². The Balaban J connectivity index is 0.000000131. The summed E-state index contributed by atoms with van der Waals surface area (Å²) in [5.41, 5.74) is 30.3. The molecule has 0 aliphatic carbocycles. The Hall–Kier alpha value is -12.6. The molecule has 0 fully saturated rings. The van der Waals surface area contributed by atoms with Crippen molar-refractivity contribution in [1.29, 1.82) is 0 Å². The number of hydrogen-bond donors (Lipinski definition) is 0. The molecule has 16 aromatic rings. The van der Waals surface area contributed by atoms with E-state index < -0.39 is 10.8 Å². The fourth-order valence-corrected chi connectivity index (χ4v) is 21.0. The number of fused-ring (bicyclic) bond motifs is 44. The van der Waals surface area contributed by atoms with Crippen molar-refractivity contribution in [3.8, 4) is 0 Å². The molecule has 8 aliphatic rings. The molecule has 22 heteroatoms. The zero-order chi connectivity index (χ0) is 93.9. The van der Waals surface area contributed by atoms with E-state index in [1.807, 2.05) is 74.8 Å². The SMILES string of the molecule is C1=C2N=C(Sc3[n-]c(c4ccccc34)C=C3N=C(Sc4[n-]c1c1ccccc41)c1ccccc13)c1ccccc12.CC1(C)C2=NC(=Cc3[n-]c(c4ccccc34)C(C)(C)C3=NC(=Cc4[n-]c1c1ccccc41)c1ccccc13)c1ccccc12.CC1(C)C=NC=Cc2ccc([n-]2)C(C)(C)C=NC=Cc2ccc1[n-]2.CC1=Cc2ccc([n-]2)C(C)(C)C(C)=NC(C)=Cc2ccc([n-]2)C(C)(C)C(C)=N1.[Cu+2].[Ni+2].[Pt+2].[Pt+2]. The minimum Gasteiger partial charge on any atom is -0.661 e. The zero-order valence-electron chi connectivity index (χ0n) is 80.2. The molecule has 0 spiro atoms. The van der Waals surface area contributed by atoms with Gasteiger partial charge in [-0.2, -0.15) is 0 Å². The van der Waals surface area contributed by atoms with E-state index in [0.29, 0.717) is 0 Å². The molecule has 8 aromatic heterocycles. The molecule has 0 saturated heterocycles. The summed E-state index contributed by atoms with van der Waals surface area (Å²) < 4.78 is 0. The maximum Gasteiger partial charge on any atom is 2.00 e. The third-order valence-electron chi connectivity index (χ3n) is 27.1. The summed E-state index contributed by atoms with van der Waals surface area (Å²) in [6, 6.07) is 84.3. The van der Waals surface area contributed by atoms with Crippen molar-refractivity contribution in [3.05, 3.63) is 391 Å². The van der Waals surface area contributed by atoms with Gasteiger partial charge >= 0.3 is 75.7 Å². The molecule has 0 atom stereocenters. The summed E-state index contributed by atoms with van der Waals surface area (Å²) in [5, 5.41) is 12.8. The minimum absolute atomic E-state index is 0. The molecule has 140 heavy (non-hydrogen) atoms. The van der Waals surface area contributed by atoms with E-state index in [2.05, 4.69) is 360 Å². The van der Waals surface area contributed by atoms with E-state index in [1.165, 1.54) is 0 Å². The number of hydrogen-bond acceptors (Lipinski definition) is 10. The van der Waals surface area contributed by atoms with Gasteiger partial charge in [0.1, 0.15) is 10.1 Å². The van der Waals surface area contributed by atoms with Gasteiger partial charge in [-0.25, -0.2) is 9.98 Å². The van der Waals surface area contributed by atoms with Gasteiger partial charge in [0, 0.05) is 125 Å². The molecule has 24 bridgehead atoms. The van der Waals surface area contributed by atoms with Gasteiger partial charge in [0.2, 0.25) is 0 Å². The Morgan fingerprint density at radius 2 is 0.536 bits per heavy atom. The van der Waals surface area contributed by atoms with Crippen LogP contribution >= 0.6 is 23.5 Å². The molecule has 0 unspecified atom stereocenters. The van der Waals surface area contributed by atoms with Crippen LogP contribution in [0.15, 0.2) is 316 Å². The van der Waals surface area contributed by atoms with Crippen LogP contribution in [0.4, 0.5) is 0 Å². The number of rotatable bonds is 0. The van der Waals surface area contributed by atoms with Gasteiger partial charge in [0.15, 0.2) is 0 Å². The molecule has 24 rings (SSSR count). The first-order valence-corrected chi connectivity index (χ1v) is 47.8. The van der Waals surface area contributed by atoms with Crippen molar-refractivity contribution < 1.29 is 75.7 Å². The largest absolute Gasteiger partial charge is 2.00 e. The van der Waals surface area contributed by atoms with Gasteiger partial charge in [-0.1, -0.05) is 384 Å². The predicted molar refractivity (Wildman–Crippen MR) is 570 cm³/mol. The molecule has 16 nitrogen and oxygen atoms in total. The summed E-state index contributed by atoms with van der Waals surface area (Å²) >= 11 is 3.26. The van der Waals surface area contributed by atoms with Gasteiger partial charge in [0.25, 0.3) is 0 Å². The van der Waals surface area contributed by atoms with Crippen molar-refractivity contribution in [2.75, 3.05) is 0 Å². The first-order valence-electron chi connectivity index (χ1n) is 46.2. The quantitative estimate of drug-likeness (QED) is 0.131. The minimum atomic E-state index is -0.462. The van der Waals surface area contributed by atoms with E-state index >= 15 is 0 Å². The molecule has 8 aliphatic heterocycles. The molecule has 705 valence electrons. The first kappa shape index (κ1) is 99.0. The fourth-order valence-electron chi connectivity index (χ4n) is 18.9. The van der Waals surface area contributed by atoms with Gasteiger partial charge in [-0.05, 0) is 95.1 Å². The second-order valence-corrected chi connectivity index (χ2v) is 40.8. The summed E-state index contributed by atoms with van der Waals surface area (Å²) in [6.07, 6.45) is 23.9. The first-order chi connectivity index (χ1) is 65.5. The maximum atomic E-state index is 5.39. The smallest absolute Gasteiger partial charge is 0.661 e. The van der Waals surface area contributed by atoms with Crippen LogP contribution in [-0.2, 0) is 108 Å². The van der Waals surface area contributed by atoms with Crippen LogP contribution in [0.2, 0.25) is 0 Å². The van der Waals surface area contributed by atoms with E-state index in [1.54, 1.807) is 35.9 Å². The Bertz CT molecular complexity index is 7700. The van der Waals surface area contributed by atoms with Crippen LogP contribution in [0.3, 0.4) is 0 Å². The number of nitrogens with zero attached hydrogens (tertiary/aromatic N) is 16. The molecule has 8 aromatic carbocycles. The summed E-state index contributed by atoms with van der Waals surface area (Å²) in [5.74, 6) is 0. The Morgan fingerprint density at radius 3 is 0.900 bits per heavy atom. The van der Waals surface area contributed by atoms with Crippen molar-refractivity contribution >= 4 is 183 Å². The molecule has 0 saturated carbocycles. The summed E-state index contributed by atoms with van der Waals surface area (Å²) in [6.45, 7) is 34.2. The molecule has 16 heterocycles. The van der Waals surface area contributed by atoms with Gasteiger partial charge < -0.3 is 39.9 Å². The second kappa shape index (κ2) is 39.1. The maximum absolute atomic E-state index is 5.39.